The summed E-state index contributed by atoms with van der Waals surface area (Å²) in [4.78, 5) is 20.9. The van der Waals surface area contributed by atoms with E-state index in [1.807, 2.05) is 0 Å². The van der Waals surface area contributed by atoms with Crippen molar-refractivity contribution in [2.75, 3.05) is 5.73 Å². The van der Waals surface area contributed by atoms with E-state index >= 15 is 0 Å². The van der Waals surface area contributed by atoms with Gasteiger partial charge >= 0.3 is 5.97 Å². The van der Waals surface area contributed by atoms with Crippen LogP contribution >= 0.6 is 11.3 Å². The Hall–Kier alpha value is -2.15. The summed E-state index contributed by atoms with van der Waals surface area (Å²) in [6, 6.07) is 4.15. The number of nitro groups is 1. The second-order valence-electron chi connectivity index (χ2n) is 3.12. The summed E-state index contributed by atoms with van der Waals surface area (Å²) in [5, 5.41) is 20.0. The number of fused-ring (bicyclic) bond motifs is 1. The number of nitrogens with zero attached hydrogens (tertiary/aromatic N) is 1. The molecule has 0 unspecified atom stereocenters. The van der Waals surface area contributed by atoms with E-state index in [9.17, 15) is 14.9 Å². The van der Waals surface area contributed by atoms with Crippen LogP contribution in [0.2, 0.25) is 0 Å². The number of rotatable bonds is 2. The summed E-state index contributed by atoms with van der Waals surface area (Å²) < 4.78 is 0.540. The number of carbonyl (C=O) groups is 1. The van der Waals surface area contributed by atoms with Gasteiger partial charge in [-0.2, -0.15) is 0 Å². The minimum absolute atomic E-state index is 0.0345. The number of anilines is 1. The highest BCUT2D eigenvalue weighted by Gasteiger charge is 2.16. The number of aromatic carboxylic acids is 1. The molecule has 0 bridgehead atoms. The Balaban J connectivity index is 2.70. The van der Waals surface area contributed by atoms with Crippen molar-refractivity contribution < 1.29 is 14.8 Å². The molecule has 0 aliphatic heterocycles. The molecule has 0 fully saturated rings. The van der Waals surface area contributed by atoms with Gasteiger partial charge in [0.15, 0.2) is 0 Å². The molecular weight excluding hydrogens is 232 g/mol. The molecule has 0 atom stereocenters. The second-order valence-corrected chi connectivity index (χ2v) is 4.21. The third kappa shape index (κ3) is 1.57. The van der Waals surface area contributed by atoms with E-state index in [2.05, 4.69) is 0 Å². The van der Waals surface area contributed by atoms with Gasteiger partial charge in [-0.3, -0.25) is 10.1 Å². The molecule has 3 N–H and O–H groups in total. The summed E-state index contributed by atoms with van der Waals surface area (Å²) in [5.41, 5.74) is 5.32. The third-order valence-corrected chi connectivity index (χ3v) is 3.16. The quantitative estimate of drug-likeness (QED) is 0.473. The zero-order valence-corrected chi connectivity index (χ0v) is 8.65. The topological polar surface area (TPSA) is 106 Å². The molecule has 6 nitrogen and oxygen atoms in total. The first-order chi connectivity index (χ1) is 7.49. The predicted octanol–water partition coefficient (Wildman–Crippen LogP) is 2.09. The third-order valence-electron chi connectivity index (χ3n) is 2.07. The Labute approximate surface area is 93.1 Å². The fourth-order valence-electron chi connectivity index (χ4n) is 1.36. The summed E-state index contributed by atoms with van der Waals surface area (Å²) in [5.74, 6) is -1.05. The van der Waals surface area contributed by atoms with Crippen LogP contribution in [0.15, 0.2) is 18.2 Å². The van der Waals surface area contributed by atoms with Crippen LogP contribution in [0.5, 0.6) is 0 Å². The second kappa shape index (κ2) is 3.46. The number of nitrogens with two attached hydrogens (primary N) is 1. The van der Waals surface area contributed by atoms with Crippen molar-refractivity contribution in [3.05, 3.63) is 33.2 Å². The monoisotopic (exact) mass is 238 g/mol. The lowest BCUT2D eigenvalue weighted by Crippen LogP contribution is -1.94. The van der Waals surface area contributed by atoms with Crippen LogP contribution in [0.3, 0.4) is 0 Å². The van der Waals surface area contributed by atoms with Crippen LogP contribution in [-0.2, 0) is 0 Å². The molecular formula is C9H6N2O4S. The van der Waals surface area contributed by atoms with Gasteiger partial charge in [0.25, 0.3) is 5.69 Å². The molecule has 0 spiro atoms. The van der Waals surface area contributed by atoms with Gasteiger partial charge in [0, 0.05) is 10.8 Å². The molecule has 1 heterocycles. The van der Waals surface area contributed by atoms with Gasteiger partial charge in [0.2, 0.25) is 0 Å². The molecule has 0 aliphatic carbocycles. The fraction of sp³-hybridized carbons (Fsp3) is 0. The molecule has 0 radical (unpaired) electrons. The minimum atomic E-state index is -1.05. The van der Waals surface area contributed by atoms with Crippen LogP contribution < -0.4 is 5.73 Å². The molecule has 0 amide bonds. The fourth-order valence-corrected chi connectivity index (χ4v) is 2.27. The minimum Gasteiger partial charge on any atom is -0.477 e. The van der Waals surface area contributed by atoms with E-state index in [1.165, 1.54) is 18.2 Å². The number of hydrogen-bond donors (Lipinski definition) is 2. The van der Waals surface area contributed by atoms with Crippen molar-refractivity contribution in [3.8, 4) is 0 Å². The van der Waals surface area contributed by atoms with Gasteiger partial charge in [-0.15, -0.1) is 11.3 Å². The van der Waals surface area contributed by atoms with Crippen LogP contribution in [0.25, 0.3) is 10.1 Å². The lowest BCUT2D eigenvalue weighted by molar-refractivity contribution is -0.383. The van der Waals surface area contributed by atoms with Gasteiger partial charge in [-0.25, -0.2) is 4.79 Å². The van der Waals surface area contributed by atoms with Crippen molar-refractivity contribution in [2.45, 2.75) is 0 Å². The summed E-state index contributed by atoms with van der Waals surface area (Å²) in [6.07, 6.45) is 0. The number of carboxylic acids is 1. The first-order valence-corrected chi connectivity index (χ1v) is 5.01. The molecule has 2 aromatic rings. The van der Waals surface area contributed by atoms with Crippen LogP contribution in [0.4, 0.5) is 11.4 Å². The number of benzene rings is 1. The number of carboxylic acid groups (broad SMARTS) is 1. The van der Waals surface area contributed by atoms with Crippen LogP contribution in [0, 0.1) is 10.1 Å². The summed E-state index contributed by atoms with van der Waals surface area (Å²) in [7, 11) is 0. The summed E-state index contributed by atoms with van der Waals surface area (Å²) in [6.45, 7) is 0. The van der Waals surface area contributed by atoms with Gasteiger partial charge in [0.1, 0.15) is 10.6 Å². The highest BCUT2D eigenvalue weighted by atomic mass is 32.1. The first-order valence-electron chi connectivity index (χ1n) is 4.20. The van der Waals surface area contributed by atoms with E-state index in [0.29, 0.717) is 10.1 Å². The van der Waals surface area contributed by atoms with E-state index in [1.54, 1.807) is 0 Å². The Morgan fingerprint density at radius 3 is 2.69 bits per heavy atom. The number of nitrogen functional groups attached to an aromatic ring is 1. The van der Waals surface area contributed by atoms with E-state index in [0.717, 1.165) is 11.3 Å². The van der Waals surface area contributed by atoms with Gasteiger partial charge in [0.05, 0.1) is 4.92 Å². The molecule has 1 aromatic heterocycles. The van der Waals surface area contributed by atoms with Crippen molar-refractivity contribution in [2.24, 2.45) is 0 Å². The highest BCUT2D eigenvalue weighted by Crippen LogP contribution is 2.33. The highest BCUT2D eigenvalue weighted by molar-refractivity contribution is 7.20. The lowest BCUT2D eigenvalue weighted by Gasteiger charge is -1.96. The average Bonchev–Trinajstić information content (AvgIpc) is 2.58. The standard InChI is InChI=1S/C9H6N2O4S/c10-5-1-4-2-8(9(12)13)16-7(4)3-6(5)11(14)15/h1-3H,10H2,(H,12,13). The molecule has 0 aliphatic rings. The van der Waals surface area contributed by atoms with Crippen LogP contribution in [-0.4, -0.2) is 16.0 Å². The molecule has 0 saturated heterocycles. The summed E-state index contributed by atoms with van der Waals surface area (Å²) >= 11 is 0.986. The van der Waals surface area contributed by atoms with Crippen molar-refractivity contribution in [3.63, 3.8) is 0 Å². The molecule has 7 heteroatoms. The largest absolute Gasteiger partial charge is 0.477 e. The predicted molar refractivity (Wildman–Crippen MR) is 59.9 cm³/mol. The smallest absolute Gasteiger partial charge is 0.345 e. The number of hydrogen-bond acceptors (Lipinski definition) is 5. The maximum absolute atomic E-state index is 10.7. The lowest BCUT2D eigenvalue weighted by atomic mass is 10.2. The van der Waals surface area contributed by atoms with E-state index < -0.39 is 10.9 Å². The molecule has 2 rings (SSSR count). The average molecular weight is 238 g/mol. The van der Waals surface area contributed by atoms with Crippen molar-refractivity contribution in [1.82, 2.24) is 0 Å². The Morgan fingerprint density at radius 2 is 2.12 bits per heavy atom. The number of thiophene rings is 1. The Kier molecular flexibility index (Phi) is 2.24. The van der Waals surface area contributed by atoms with Gasteiger partial charge < -0.3 is 10.8 Å². The Bertz CT molecular complexity index is 605. The van der Waals surface area contributed by atoms with Crippen molar-refractivity contribution >= 4 is 38.8 Å². The molecule has 0 saturated carbocycles. The molecule has 16 heavy (non-hydrogen) atoms. The van der Waals surface area contributed by atoms with Crippen molar-refractivity contribution in [1.29, 1.82) is 0 Å². The number of nitro benzene ring substituents is 1. The zero-order chi connectivity index (χ0) is 11.9. The van der Waals surface area contributed by atoms with E-state index in [4.69, 9.17) is 10.8 Å². The Morgan fingerprint density at radius 1 is 1.44 bits per heavy atom. The van der Waals surface area contributed by atoms with Crippen LogP contribution in [0.1, 0.15) is 9.67 Å². The first kappa shape index (κ1) is 10.4. The maximum Gasteiger partial charge on any atom is 0.345 e. The van der Waals surface area contributed by atoms with Gasteiger partial charge in [-0.05, 0) is 17.5 Å². The molecule has 82 valence electrons. The van der Waals surface area contributed by atoms with Gasteiger partial charge in [-0.1, -0.05) is 0 Å². The maximum atomic E-state index is 10.7. The zero-order valence-electron chi connectivity index (χ0n) is 7.84. The van der Waals surface area contributed by atoms with E-state index in [-0.39, 0.29) is 16.3 Å². The molecule has 1 aromatic carbocycles. The SMILES string of the molecule is Nc1cc2cc(C(=O)O)sc2cc1[N+](=O)[O-]. The normalized spacial score (nSPS) is 10.5.